The minimum atomic E-state index is -0.245. The van der Waals surface area contributed by atoms with Gasteiger partial charge in [0.15, 0.2) is 11.5 Å². The first kappa shape index (κ1) is 26.9. The number of aromatic nitrogens is 2. The van der Waals surface area contributed by atoms with Crippen molar-refractivity contribution >= 4 is 76.5 Å². The van der Waals surface area contributed by atoms with Gasteiger partial charge in [0.2, 0.25) is 0 Å². The Kier molecular flexibility index (Phi) is 8.87. The van der Waals surface area contributed by atoms with Crippen molar-refractivity contribution in [2.45, 2.75) is 26.9 Å². The van der Waals surface area contributed by atoms with Crippen LogP contribution in [0.1, 0.15) is 30.8 Å². The second-order valence-electron chi connectivity index (χ2n) is 7.69. The van der Waals surface area contributed by atoms with Crippen LogP contribution < -0.4 is 15.0 Å². The Balaban J connectivity index is 1.67. The molecule has 0 N–H and O–H groups in total. The molecule has 0 radical (unpaired) electrons. The van der Waals surface area contributed by atoms with E-state index in [0.717, 1.165) is 19.0 Å². The van der Waals surface area contributed by atoms with E-state index in [-0.39, 0.29) is 5.56 Å². The summed E-state index contributed by atoms with van der Waals surface area (Å²) in [7, 11) is 0. The molecule has 10 heteroatoms. The predicted molar refractivity (Wildman–Crippen MR) is 155 cm³/mol. The maximum atomic E-state index is 13.2. The number of nitrogens with zero attached hydrogens (tertiary/aromatic N) is 3. The molecular formula is C26H21Br3ClN3O3. The summed E-state index contributed by atoms with van der Waals surface area (Å²) in [5, 5.41) is 5.30. The van der Waals surface area contributed by atoms with Gasteiger partial charge in [0.1, 0.15) is 12.4 Å². The zero-order chi connectivity index (χ0) is 25.8. The Hall–Kier alpha value is -2.20. The fourth-order valence-electron chi connectivity index (χ4n) is 3.52. The summed E-state index contributed by atoms with van der Waals surface area (Å²) in [6.45, 7) is 4.54. The lowest BCUT2D eigenvalue weighted by Gasteiger charge is -2.15. The fourth-order valence-corrected chi connectivity index (χ4v) is 5.32. The lowest BCUT2D eigenvalue weighted by molar-refractivity contribution is 0.269. The molecule has 0 aliphatic heterocycles. The number of halogens is 4. The van der Waals surface area contributed by atoms with Crippen LogP contribution in [-0.2, 0) is 13.0 Å². The molecule has 6 nitrogen and oxygen atoms in total. The Morgan fingerprint density at radius 1 is 1.03 bits per heavy atom. The second-order valence-corrected chi connectivity index (χ2v) is 10.8. The average molecular weight is 699 g/mol. The van der Waals surface area contributed by atoms with Crippen LogP contribution in [0.25, 0.3) is 10.9 Å². The molecule has 36 heavy (non-hydrogen) atoms. The highest BCUT2D eigenvalue weighted by molar-refractivity contribution is 9.11. The number of aryl methyl sites for hydroxylation is 1. The molecule has 0 atom stereocenters. The Morgan fingerprint density at radius 3 is 2.50 bits per heavy atom. The van der Waals surface area contributed by atoms with Crippen LogP contribution >= 0.6 is 59.4 Å². The van der Waals surface area contributed by atoms with E-state index in [2.05, 4.69) is 57.9 Å². The number of ether oxygens (including phenoxy) is 2. The molecule has 0 amide bonds. The monoisotopic (exact) mass is 695 g/mol. The normalized spacial score (nSPS) is 11.4. The number of hydrogen-bond donors (Lipinski definition) is 0. The first-order chi connectivity index (χ1) is 17.3. The molecule has 0 spiro atoms. The van der Waals surface area contributed by atoms with E-state index < -0.39 is 0 Å². The van der Waals surface area contributed by atoms with Gasteiger partial charge in [-0.1, -0.05) is 72.4 Å². The molecule has 3 aromatic carbocycles. The van der Waals surface area contributed by atoms with Crippen LogP contribution in [0.2, 0.25) is 5.02 Å². The quantitative estimate of drug-likeness (QED) is 0.177. The molecule has 0 aliphatic rings. The van der Waals surface area contributed by atoms with Crippen LogP contribution in [0.15, 0.2) is 71.8 Å². The average Bonchev–Trinajstić information content (AvgIpc) is 2.84. The summed E-state index contributed by atoms with van der Waals surface area (Å²) in [6.07, 6.45) is 2.11. The fraction of sp³-hybridized carbons (Fsp3) is 0.192. The van der Waals surface area contributed by atoms with Gasteiger partial charge in [-0.3, -0.25) is 4.79 Å². The van der Waals surface area contributed by atoms with Crippen LogP contribution in [0.3, 0.4) is 0 Å². The molecule has 0 fully saturated rings. The van der Waals surface area contributed by atoms with E-state index in [1.165, 1.54) is 4.68 Å². The maximum absolute atomic E-state index is 13.2. The minimum absolute atomic E-state index is 0.245. The predicted octanol–water partition coefficient (Wildman–Crippen LogP) is 7.76. The van der Waals surface area contributed by atoms with E-state index >= 15 is 0 Å². The van der Waals surface area contributed by atoms with Gasteiger partial charge < -0.3 is 9.47 Å². The van der Waals surface area contributed by atoms with E-state index in [0.29, 0.717) is 58.4 Å². The van der Waals surface area contributed by atoms with Crippen LogP contribution in [0, 0.1) is 0 Å². The minimum Gasteiger partial charge on any atom is -0.490 e. The van der Waals surface area contributed by atoms with Crippen LogP contribution in [-0.4, -0.2) is 22.5 Å². The molecule has 1 heterocycles. The lowest BCUT2D eigenvalue weighted by Crippen LogP contribution is -2.22. The van der Waals surface area contributed by atoms with Gasteiger partial charge in [-0.15, -0.1) is 0 Å². The summed E-state index contributed by atoms with van der Waals surface area (Å²) in [4.78, 5) is 17.8. The Bertz CT molecular complexity index is 1520. The number of benzene rings is 3. The number of fused-ring (bicyclic) bond motifs is 1. The zero-order valence-corrected chi connectivity index (χ0v) is 24.9. The molecule has 4 aromatic rings. The van der Waals surface area contributed by atoms with Crippen molar-refractivity contribution in [1.82, 2.24) is 9.66 Å². The molecule has 0 saturated heterocycles. The first-order valence-electron chi connectivity index (χ1n) is 11.1. The van der Waals surface area contributed by atoms with Gasteiger partial charge in [0.25, 0.3) is 5.56 Å². The van der Waals surface area contributed by atoms with Crippen molar-refractivity contribution in [3.8, 4) is 11.5 Å². The van der Waals surface area contributed by atoms with Gasteiger partial charge in [-0.05, 0) is 55.0 Å². The summed E-state index contributed by atoms with van der Waals surface area (Å²) in [6, 6.07) is 14.8. The summed E-state index contributed by atoms with van der Waals surface area (Å²) >= 11 is 17.0. The largest absolute Gasteiger partial charge is 0.490 e. The highest BCUT2D eigenvalue weighted by Crippen LogP contribution is 2.37. The number of rotatable bonds is 8. The molecule has 1 aromatic heterocycles. The third-order valence-electron chi connectivity index (χ3n) is 5.23. The highest BCUT2D eigenvalue weighted by Gasteiger charge is 2.14. The summed E-state index contributed by atoms with van der Waals surface area (Å²) < 4.78 is 15.9. The molecule has 0 saturated carbocycles. The smallest absolute Gasteiger partial charge is 0.282 e. The van der Waals surface area contributed by atoms with E-state index in [1.54, 1.807) is 24.4 Å². The molecule has 0 unspecified atom stereocenters. The topological polar surface area (TPSA) is 65.7 Å². The SMILES string of the molecule is CCOc1cc(C=Nn2c(CC)nc3ccc(Br)cc3c2=O)cc(Cl)c1OCc1ccc(Br)cc1Br. The van der Waals surface area contributed by atoms with E-state index in [9.17, 15) is 4.79 Å². The van der Waals surface area contributed by atoms with Gasteiger partial charge >= 0.3 is 0 Å². The van der Waals surface area contributed by atoms with Crippen molar-refractivity contribution in [2.75, 3.05) is 6.61 Å². The first-order valence-corrected chi connectivity index (χ1v) is 13.8. The van der Waals surface area contributed by atoms with Crippen molar-refractivity contribution in [3.05, 3.63) is 94.3 Å². The highest BCUT2D eigenvalue weighted by atomic mass is 79.9. The molecule has 186 valence electrons. The second kappa shape index (κ2) is 11.9. The third kappa shape index (κ3) is 6.02. The van der Waals surface area contributed by atoms with Crippen molar-refractivity contribution in [1.29, 1.82) is 0 Å². The summed E-state index contributed by atoms with van der Waals surface area (Å²) in [5.74, 6) is 1.49. The Morgan fingerprint density at radius 2 is 1.78 bits per heavy atom. The van der Waals surface area contributed by atoms with Gasteiger partial charge in [-0.25, -0.2) is 4.98 Å². The Labute approximate surface area is 238 Å². The van der Waals surface area contributed by atoms with E-state index in [4.69, 9.17) is 21.1 Å². The zero-order valence-electron chi connectivity index (χ0n) is 19.4. The van der Waals surface area contributed by atoms with Crippen LogP contribution in [0.5, 0.6) is 11.5 Å². The molecule has 0 bridgehead atoms. The van der Waals surface area contributed by atoms with Gasteiger partial charge in [-0.2, -0.15) is 9.78 Å². The maximum Gasteiger partial charge on any atom is 0.282 e. The van der Waals surface area contributed by atoms with Crippen molar-refractivity contribution in [3.63, 3.8) is 0 Å². The van der Waals surface area contributed by atoms with Crippen molar-refractivity contribution < 1.29 is 9.47 Å². The van der Waals surface area contributed by atoms with Gasteiger partial charge in [0, 0.05) is 25.4 Å². The third-order valence-corrected chi connectivity index (χ3v) is 7.24. The van der Waals surface area contributed by atoms with Crippen molar-refractivity contribution in [2.24, 2.45) is 5.10 Å². The summed E-state index contributed by atoms with van der Waals surface area (Å²) in [5.41, 5.74) is 2.01. The molecule has 4 rings (SSSR count). The lowest BCUT2D eigenvalue weighted by atomic mass is 10.2. The van der Waals surface area contributed by atoms with Gasteiger partial charge in [0.05, 0.1) is 28.7 Å². The standard InChI is InChI=1S/C26H21Br3ClN3O3/c1-3-24-32-22-8-7-17(27)11-19(22)26(34)33(24)31-13-15-9-21(30)25(23(10-15)35-4-2)36-14-16-5-6-18(28)12-20(16)29/h5-13H,3-4,14H2,1-2H3. The molecular weight excluding hydrogens is 677 g/mol. The molecule has 0 aliphatic carbocycles. The van der Waals surface area contributed by atoms with E-state index in [1.807, 2.05) is 44.2 Å². The number of hydrogen-bond acceptors (Lipinski definition) is 5. The van der Waals surface area contributed by atoms with Crippen LogP contribution in [0.4, 0.5) is 0 Å².